The van der Waals surface area contributed by atoms with E-state index in [1.54, 1.807) is 12.1 Å². The van der Waals surface area contributed by atoms with Crippen molar-refractivity contribution in [1.82, 2.24) is 19.9 Å². The van der Waals surface area contributed by atoms with Crippen LogP contribution < -0.4 is 5.32 Å². The highest BCUT2D eigenvalue weighted by Gasteiger charge is 2.13. The summed E-state index contributed by atoms with van der Waals surface area (Å²) in [5, 5.41) is 14.1. The van der Waals surface area contributed by atoms with E-state index in [0.717, 1.165) is 13.1 Å². The fourth-order valence-corrected chi connectivity index (χ4v) is 3.38. The van der Waals surface area contributed by atoms with Crippen LogP contribution >= 0.6 is 35.6 Å². The van der Waals surface area contributed by atoms with Gasteiger partial charge in [0, 0.05) is 30.9 Å². The molecule has 11 heteroatoms. The second kappa shape index (κ2) is 8.88. The number of nitrogens with one attached hydrogen (secondary N) is 1. The monoisotopic (exact) mass is 398 g/mol. The number of nitro benzene ring substituents is 1. The first-order valence-corrected chi connectivity index (χ1v) is 8.93. The van der Waals surface area contributed by atoms with Gasteiger partial charge >= 0.3 is 0 Å². The zero-order chi connectivity index (χ0) is 18.4. The smallest absolute Gasteiger partial charge is 0.271 e. The number of anilines is 2. The molecule has 0 aliphatic carbocycles. The van der Waals surface area contributed by atoms with Crippen LogP contribution in [0.1, 0.15) is 13.8 Å². The van der Waals surface area contributed by atoms with E-state index in [9.17, 15) is 10.1 Å². The first-order chi connectivity index (χ1) is 11.9. The zero-order valence-electron chi connectivity index (χ0n) is 13.5. The molecule has 2 aromatic rings. The van der Waals surface area contributed by atoms with Crippen molar-refractivity contribution < 1.29 is 4.92 Å². The van der Waals surface area contributed by atoms with Crippen molar-refractivity contribution in [2.24, 2.45) is 0 Å². The summed E-state index contributed by atoms with van der Waals surface area (Å²) in [4.78, 5) is 24.7. The molecule has 1 aromatic heterocycles. The summed E-state index contributed by atoms with van der Waals surface area (Å²) in [6, 6.07) is 6.01. The van der Waals surface area contributed by atoms with E-state index < -0.39 is 4.92 Å². The molecule has 0 fully saturated rings. The van der Waals surface area contributed by atoms with Crippen molar-refractivity contribution in [3.63, 3.8) is 0 Å². The normalized spacial score (nSPS) is 10.4. The standard InChI is InChI=1S/C14H15ClN6O2S2/c1-3-20(4-2)14(24)25-13-18-11(15)17-12(19-13)16-9-6-5-7-10(8-9)21(22)23/h5-8H,3-4H2,1-2H3,(H,16,17,18,19). The molecular formula is C14H15ClN6O2S2. The van der Waals surface area contributed by atoms with Crippen LogP contribution in [0.3, 0.4) is 0 Å². The molecule has 132 valence electrons. The van der Waals surface area contributed by atoms with Gasteiger partial charge in [-0.15, -0.1) is 0 Å². The number of thiocarbonyl (C=S) groups is 1. The Morgan fingerprint density at radius 3 is 2.72 bits per heavy atom. The predicted molar refractivity (Wildman–Crippen MR) is 103 cm³/mol. The molecule has 0 amide bonds. The number of hydrogen-bond donors (Lipinski definition) is 1. The highest BCUT2D eigenvalue weighted by Crippen LogP contribution is 2.23. The van der Waals surface area contributed by atoms with Gasteiger partial charge in [-0.1, -0.05) is 18.3 Å². The van der Waals surface area contributed by atoms with E-state index >= 15 is 0 Å². The molecule has 1 aromatic carbocycles. The minimum absolute atomic E-state index is 0.00720. The van der Waals surface area contributed by atoms with Gasteiger partial charge in [0.2, 0.25) is 16.4 Å². The number of halogens is 1. The lowest BCUT2D eigenvalue weighted by atomic mass is 10.3. The number of rotatable bonds is 6. The minimum atomic E-state index is -0.477. The molecule has 0 radical (unpaired) electrons. The van der Waals surface area contributed by atoms with Crippen molar-refractivity contribution in [3.05, 3.63) is 39.7 Å². The molecule has 1 N–H and O–H groups in total. The molecule has 1 heterocycles. The van der Waals surface area contributed by atoms with Gasteiger partial charge in [-0.25, -0.2) is 0 Å². The van der Waals surface area contributed by atoms with Gasteiger partial charge < -0.3 is 10.2 Å². The first kappa shape index (κ1) is 19.3. The second-order valence-electron chi connectivity index (χ2n) is 4.68. The van der Waals surface area contributed by atoms with Crippen molar-refractivity contribution in [3.8, 4) is 0 Å². The van der Waals surface area contributed by atoms with Crippen molar-refractivity contribution in [1.29, 1.82) is 0 Å². The zero-order valence-corrected chi connectivity index (χ0v) is 15.9. The van der Waals surface area contributed by atoms with Crippen LogP contribution in [0.2, 0.25) is 5.28 Å². The van der Waals surface area contributed by atoms with E-state index in [1.165, 1.54) is 23.9 Å². The fourth-order valence-electron chi connectivity index (χ4n) is 1.88. The summed E-state index contributed by atoms with van der Waals surface area (Å²) < 4.78 is 0.633. The molecule has 0 unspecified atom stereocenters. The number of benzene rings is 1. The highest BCUT2D eigenvalue weighted by atomic mass is 35.5. The van der Waals surface area contributed by atoms with Gasteiger partial charge in [0.05, 0.1) is 4.92 Å². The van der Waals surface area contributed by atoms with Crippen molar-refractivity contribution >= 4 is 57.2 Å². The predicted octanol–water partition coefficient (Wildman–Crippen LogP) is 3.90. The lowest BCUT2D eigenvalue weighted by Gasteiger charge is -2.20. The van der Waals surface area contributed by atoms with E-state index in [1.807, 2.05) is 18.7 Å². The van der Waals surface area contributed by atoms with E-state index in [4.69, 9.17) is 23.8 Å². The third kappa shape index (κ3) is 5.48. The summed E-state index contributed by atoms with van der Waals surface area (Å²) in [6.07, 6.45) is 0. The topological polar surface area (TPSA) is 97.1 Å². The number of nitrogens with zero attached hydrogens (tertiary/aromatic N) is 5. The maximum absolute atomic E-state index is 10.8. The van der Waals surface area contributed by atoms with Crippen LogP contribution in [0.4, 0.5) is 17.3 Å². The Labute approximate surface area is 159 Å². The first-order valence-electron chi connectivity index (χ1n) is 7.32. The summed E-state index contributed by atoms with van der Waals surface area (Å²) in [6.45, 7) is 5.57. The molecule has 0 spiro atoms. The molecule has 0 saturated carbocycles. The minimum Gasteiger partial charge on any atom is -0.358 e. The maximum atomic E-state index is 10.8. The average molecular weight is 399 g/mol. The molecule has 0 aliphatic heterocycles. The largest absolute Gasteiger partial charge is 0.358 e. The van der Waals surface area contributed by atoms with Gasteiger partial charge in [-0.05, 0) is 43.3 Å². The van der Waals surface area contributed by atoms with Crippen LogP contribution in [-0.4, -0.2) is 42.2 Å². The average Bonchev–Trinajstić information content (AvgIpc) is 2.55. The van der Waals surface area contributed by atoms with E-state index in [0.29, 0.717) is 15.2 Å². The van der Waals surface area contributed by atoms with Crippen LogP contribution in [0.25, 0.3) is 0 Å². The van der Waals surface area contributed by atoms with Crippen LogP contribution in [0, 0.1) is 10.1 Å². The van der Waals surface area contributed by atoms with Crippen molar-refractivity contribution in [2.45, 2.75) is 19.0 Å². The Balaban J connectivity index is 2.20. The number of non-ortho nitro benzene ring substituents is 1. The van der Waals surface area contributed by atoms with Crippen LogP contribution in [-0.2, 0) is 0 Å². The summed E-state index contributed by atoms with van der Waals surface area (Å²) in [7, 11) is 0. The summed E-state index contributed by atoms with van der Waals surface area (Å²) >= 11 is 12.5. The fraction of sp³-hybridized carbons (Fsp3) is 0.286. The van der Waals surface area contributed by atoms with Crippen LogP contribution in [0.5, 0.6) is 0 Å². The molecule has 0 atom stereocenters. The number of aromatic nitrogens is 3. The Morgan fingerprint density at radius 2 is 2.08 bits per heavy atom. The molecule has 0 saturated heterocycles. The van der Waals surface area contributed by atoms with Crippen LogP contribution in [0.15, 0.2) is 29.4 Å². The Morgan fingerprint density at radius 1 is 1.36 bits per heavy atom. The summed E-state index contributed by atoms with van der Waals surface area (Å²) in [5.74, 6) is 0.186. The lowest BCUT2D eigenvalue weighted by molar-refractivity contribution is -0.384. The number of hydrogen-bond acceptors (Lipinski definition) is 8. The van der Waals surface area contributed by atoms with Gasteiger partial charge in [0.1, 0.15) is 4.32 Å². The molecule has 8 nitrogen and oxygen atoms in total. The van der Waals surface area contributed by atoms with E-state index in [-0.39, 0.29) is 16.9 Å². The highest BCUT2D eigenvalue weighted by molar-refractivity contribution is 8.22. The molecular weight excluding hydrogens is 384 g/mol. The second-order valence-corrected chi connectivity index (χ2v) is 6.62. The SMILES string of the molecule is CCN(CC)C(=S)Sc1nc(Cl)nc(Nc2cccc([N+](=O)[O-])c2)n1. The Bertz CT molecular complexity index is 788. The molecule has 0 aliphatic rings. The quantitative estimate of drug-likeness (QED) is 0.336. The lowest BCUT2D eigenvalue weighted by Crippen LogP contribution is -2.26. The van der Waals surface area contributed by atoms with Gasteiger partial charge in [-0.3, -0.25) is 10.1 Å². The third-order valence-electron chi connectivity index (χ3n) is 3.10. The van der Waals surface area contributed by atoms with Gasteiger partial charge in [-0.2, -0.15) is 15.0 Å². The molecule has 0 bridgehead atoms. The summed E-state index contributed by atoms with van der Waals surface area (Å²) in [5.41, 5.74) is 0.432. The third-order valence-corrected chi connectivity index (χ3v) is 4.58. The molecule has 2 rings (SSSR count). The number of nitro groups is 1. The van der Waals surface area contributed by atoms with Gasteiger partial charge in [0.25, 0.3) is 5.69 Å². The van der Waals surface area contributed by atoms with E-state index in [2.05, 4.69) is 20.3 Å². The number of thioether (sulfide) groups is 1. The maximum Gasteiger partial charge on any atom is 0.271 e. The van der Waals surface area contributed by atoms with Gasteiger partial charge in [0.15, 0.2) is 0 Å². The Kier molecular flexibility index (Phi) is 6.85. The van der Waals surface area contributed by atoms with Crippen molar-refractivity contribution in [2.75, 3.05) is 18.4 Å². The Hall–Kier alpha value is -2.04. The molecule has 25 heavy (non-hydrogen) atoms.